The highest BCUT2D eigenvalue weighted by Crippen LogP contribution is 2.23. The van der Waals surface area contributed by atoms with Gasteiger partial charge in [0.2, 0.25) is 10.0 Å². The van der Waals surface area contributed by atoms with E-state index < -0.39 is 25.8 Å². The summed E-state index contributed by atoms with van der Waals surface area (Å²) < 4.78 is 49.5. The first-order valence-electron chi connectivity index (χ1n) is 9.92. The van der Waals surface area contributed by atoms with Crippen molar-refractivity contribution in [1.29, 1.82) is 0 Å². The molecule has 0 heterocycles. The highest BCUT2D eigenvalue weighted by Gasteiger charge is 2.19. The fourth-order valence-electron chi connectivity index (χ4n) is 2.83. The Morgan fingerprint density at radius 3 is 2.26 bits per heavy atom. The van der Waals surface area contributed by atoms with Crippen LogP contribution < -0.4 is 9.62 Å². The Hall–Kier alpha value is -2.65. The van der Waals surface area contributed by atoms with Crippen molar-refractivity contribution >= 4 is 37.1 Å². The highest BCUT2D eigenvalue weighted by molar-refractivity contribution is 7.94. The normalized spacial score (nSPS) is 12.1. The third-order valence-electron chi connectivity index (χ3n) is 4.68. The van der Waals surface area contributed by atoms with Gasteiger partial charge in [-0.05, 0) is 49.2 Å². The number of hydrogen-bond acceptors (Lipinski definition) is 5. The van der Waals surface area contributed by atoms with Gasteiger partial charge in [-0.1, -0.05) is 38.0 Å². The van der Waals surface area contributed by atoms with E-state index >= 15 is 0 Å². The van der Waals surface area contributed by atoms with E-state index in [2.05, 4.69) is 12.2 Å². The number of carbonyl (C=O) groups is 1. The summed E-state index contributed by atoms with van der Waals surface area (Å²) in [6.07, 6.45) is 6.51. The molecule has 0 aromatic heterocycles. The van der Waals surface area contributed by atoms with Gasteiger partial charge in [0, 0.05) is 18.1 Å². The zero-order valence-electron chi connectivity index (χ0n) is 17.9. The van der Waals surface area contributed by atoms with E-state index in [9.17, 15) is 21.6 Å². The molecule has 0 aliphatic carbocycles. The fourth-order valence-corrected chi connectivity index (χ4v) is 4.41. The van der Waals surface area contributed by atoms with E-state index in [1.807, 2.05) is 0 Å². The minimum atomic E-state index is -3.55. The van der Waals surface area contributed by atoms with Gasteiger partial charge in [0.1, 0.15) is 0 Å². The maximum absolute atomic E-state index is 12.7. The number of allylic oxidation sites excluding steroid dienone is 1. The lowest BCUT2D eigenvalue weighted by molar-refractivity contribution is 0.102. The number of anilines is 2. The Morgan fingerprint density at radius 1 is 1.00 bits per heavy atom. The Bertz CT molecular complexity index is 1140. The van der Waals surface area contributed by atoms with E-state index in [4.69, 9.17) is 0 Å². The Morgan fingerprint density at radius 2 is 1.65 bits per heavy atom. The zero-order chi connectivity index (χ0) is 23.1. The monoisotopic (exact) mass is 464 g/mol. The van der Waals surface area contributed by atoms with E-state index in [0.717, 1.165) is 29.8 Å². The Balaban J connectivity index is 2.15. The molecule has 0 atom stereocenters. The number of benzene rings is 2. The van der Waals surface area contributed by atoms with Crippen molar-refractivity contribution in [2.24, 2.45) is 0 Å². The van der Waals surface area contributed by atoms with Crippen LogP contribution in [0.1, 0.15) is 43.0 Å². The summed E-state index contributed by atoms with van der Waals surface area (Å²) in [5, 5.41) is 3.89. The summed E-state index contributed by atoms with van der Waals surface area (Å²) in [6, 6.07) is 12.2. The fraction of sp³-hybridized carbons (Fsp3) is 0.318. The van der Waals surface area contributed by atoms with E-state index in [1.54, 1.807) is 24.3 Å². The third kappa shape index (κ3) is 6.93. The largest absolute Gasteiger partial charge is 0.322 e. The van der Waals surface area contributed by atoms with Crippen LogP contribution in [-0.2, 0) is 19.9 Å². The first-order valence-corrected chi connectivity index (χ1v) is 13.3. The van der Waals surface area contributed by atoms with Gasteiger partial charge in [-0.3, -0.25) is 9.10 Å². The van der Waals surface area contributed by atoms with Crippen molar-refractivity contribution < 1.29 is 21.6 Å². The predicted octanol–water partition coefficient (Wildman–Crippen LogP) is 4.20. The van der Waals surface area contributed by atoms with Crippen molar-refractivity contribution in [2.45, 2.75) is 37.5 Å². The van der Waals surface area contributed by atoms with Gasteiger partial charge in [0.25, 0.3) is 5.91 Å². The van der Waals surface area contributed by atoms with Crippen molar-refractivity contribution in [1.82, 2.24) is 0 Å². The van der Waals surface area contributed by atoms with Crippen LogP contribution in [-0.4, -0.2) is 36.0 Å². The van der Waals surface area contributed by atoms with Gasteiger partial charge in [-0.25, -0.2) is 16.8 Å². The van der Waals surface area contributed by atoms with Gasteiger partial charge in [-0.2, -0.15) is 0 Å². The van der Waals surface area contributed by atoms with Gasteiger partial charge in [0.15, 0.2) is 9.84 Å². The third-order valence-corrected chi connectivity index (χ3v) is 7.35. The molecule has 0 aliphatic rings. The molecule has 0 radical (unpaired) electrons. The molecule has 0 saturated carbocycles. The number of amides is 1. The second kappa shape index (κ2) is 10.6. The van der Waals surface area contributed by atoms with Crippen LogP contribution in [0.3, 0.4) is 0 Å². The molecule has 0 saturated heterocycles. The van der Waals surface area contributed by atoms with Crippen LogP contribution in [0, 0.1) is 0 Å². The average molecular weight is 465 g/mol. The molecule has 0 bridgehead atoms. The number of para-hydroxylation sites is 1. The maximum atomic E-state index is 12.7. The average Bonchev–Trinajstić information content (AvgIpc) is 2.72. The van der Waals surface area contributed by atoms with Crippen LogP contribution in [0.5, 0.6) is 0 Å². The molecule has 0 spiro atoms. The maximum Gasteiger partial charge on any atom is 0.257 e. The summed E-state index contributed by atoms with van der Waals surface area (Å²) >= 11 is 0. The number of nitrogens with one attached hydrogen (secondary N) is 1. The molecular formula is C22H28N2O5S2. The lowest BCUT2D eigenvalue weighted by atomic mass is 10.1. The first kappa shape index (κ1) is 24.6. The standard InChI is InChI=1S/C22H28N2O5S2/c1-4-5-6-7-10-17-31(28,29)19-15-13-18(14-16-19)23-22(25)20-11-8-9-12-21(20)24(2)30(3,26)27/h8-17H,4-7H2,1-3H3,(H,23,25)/b17-10+. The van der Waals surface area contributed by atoms with Crippen LogP contribution in [0.15, 0.2) is 64.9 Å². The number of unbranched alkanes of at least 4 members (excludes halogenated alkanes) is 3. The van der Waals surface area contributed by atoms with Gasteiger partial charge in [-0.15, -0.1) is 0 Å². The van der Waals surface area contributed by atoms with Crippen LogP contribution >= 0.6 is 0 Å². The molecule has 1 N–H and O–H groups in total. The van der Waals surface area contributed by atoms with Crippen molar-refractivity contribution in [3.63, 3.8) is 0 Å². The van der Waals surface area contributed by atoms with E-state index in [0.29, 0.717) is 12.1 Å². The molecule has 0 unspecified atom stereocenters. The molecular weight excluding hydrogens is 436 g/mol. The van der Waals surface area contributed by atoms with Crippen LogP contribution in [0.4, 0.5) is 11.4 Å². The summed E-state index contributed by atoms with van der Waals surface area (Å²) in [4.78, 5) is 12.8. The molecule has 7 nitrogen and oxygen atoms in total. The van der Waals surface area contributed by atoms with E-state index in [1.165, 1.54) is 42.8 Å². The number of hydrogen-bond donors (Lipinski definition) is 1. The minimum absolute atomic E-state index is 0.134. The smallest absolute Gasteiger partial charge is 0.257 e. The second-order valence-corrected chi connectivity index (χ2v) is 11.0. The number of carbonyl (C=O) groups excluding carboxylic acids is 1. The summed E-state index contributed by atoms with van der Waals surface area (Å²) in [6.45, 7) is 2.09. The molecule has 2 rings (SSSR count). The lowest BCUT2D eigenvalue weighted by Gasteiger charge is -2.19. The topological polar surface area (TPSA) is 101 Å². The molecule has 168 valence electrons. The SMILES string of the molecule is CCCCC/C=C/S(=O)(=O)c1ccc(NC(=O)c2ccccc2N(C)S(C)(=O)=O)cc1. The first-order chi connectivity index (χ1) is 14.6. The second-order valence-electron chi connectivity index (χ2n) is 7.14. The Labute approximate surface area is 184 Å². The number of rotatable bonds is 10. The van der Waals surface area contributed by atoms with Gasteiger partial charge < -0.3 is 5.32 Å². The number of sulfone groups is 1. The molecule has 0 aliphatic heterocycles. The van der Waals surface area contributed by atoms with Crippen LogP contribution in [0.2, 0.25) is 0 Å². The molecule has 31 heavy (non-hydrogen) atoms. The van der Waals surface area contributed by atoms with Gasteiger partial charge in [0.05, 0.1) is 22.4 Å². The molecule has 2 aromatic rings. The van der Waals surface area contributed by atoms with Crippen molar-refractivity contribution in [3.8, 4) is 0 Å². The number of sulfonamides is 1. The van der Waals surface area contributed by atoms with Crippen LogP contribution in [0.25, 0.3) is 0 Å². The number of nitrogens with zero attached hydrogens (tertiary/aromatic N) is 1. The van der Waals surface area contributed by atoms with Crippen molar-refractivity contribution in [2.75, 3.05) is 22.9 Å². The van der Waals surface area contributed by atoms with Crippen molar-refractivity contribution in [3.05, 3.63) is 65.6 Å². The molecule has 2 aromatic carbocycles. The van der Waals surface area contributed by atoms with Gasteiger partial charge >= 0.3 is 0 Å². The molecule has 1 amide bonds. The summed E-state index contributed by atoms with van der Waals surface area (Å²) in [5.41, 5.74) is 0.824. The summed E-state index contributed by atoms with van der Waals surface area (Å²) in [5.74, 6) is -0.502. The molecule has 0 fully saturated rings. The highest BCUT2D eigenvalue weighted by atomic mass is 32.2. The Kier molecular flexibility index (Phi) is 8.41. The van der Waals surface area contributed by atoms with E-state index in [-0.39, 0.29) is 16.1 Å². The predicted molar refractivity (Wildman–Crippen MR) is 125 cm³/mol. The minimum Gasteiger partial charge on any atom is -0.322 e. The molecule has 9 heteroatoms. The zero-order valence-corrected chi connectivity index (χ0v) is 19.5. The lowest BCUT2D eigenvalue weighted by Crippen LogP contribution is -2.27. The summed E-state index contributed by atoms with van der Waals surface area (Å²) in [7, 11) is -5.71. The quantitative estimate of drug-likeness (QED) is 0.531.